The first-order valence-corrected chi connectivity index (χ1v) is 9.39. The second kappa shape index (κ2) is 8.97. The second-order valence-corrected chi connectivity index (χ2v) is 6.58. The van der Waals surface area contributed by atoms with E-state index in [0.29, 0.717) is 34.0 Å². The van der Waals surface area contributed by atoms with Crippen LogP contribution in [0.15, 0.2) is 85.2 Å². The summed E-state index contributed by atoms with van der Waals surface area (Å²) >= 11 is 0. The van der Waals surface area contributed by atoms with Crippen molar-refractivity contribution in [2.24, 2.45) is 0 Å². The van der Waals surface area contributed by atoms with Crippen molar-refractivity contribution < 1.29 is 28.7 Å². The first-order valence-electron chi connectivity index (χ1n) is 9.39. The number of para-hydroxylation sites is 2. The van der Waals surface area contributed by atoms with Gasteiger partial charge in [-0.05, 0) is 24.3 Å². The molecule has 0 N–H and O–H groups in total. The Morgan fingerprint density at radius 1 is 0.625 bits per heavy atom. The number of carbonyl (C=O) groups is 4. The first-order chi connectivity index (χ1) is 15.5. The van der Waals surface area contributed by atoms with Crippen molar-refractivity contribution in [2.75, 3.05) is 0 Å². The molecule has 0 unspecified atom stereocenters. The van der Waals surface area contributed by atoms with E-state index in [2.05, 4.69) is 19.4 Å². The number of hydrogen-bond donors (Lipinski definition) is 0. The summed E-state index contributed by atoms with van der Waals surface area (Å²) in [6.07, 6.45) is 3.96. The summed E-state index contributed by atoms with van der Waals surface area (Å²) in [6.45, 7) is 0. The molecule has 0 saturated carbocycles. The maximum absolute atomic E-state index is 12.1. The van der Waals surface area contributed by atoms with E-state index < -0.39 is 23.9 Å². The Balaban J connectivity index is 1.35. The molecule has 32 heavy (non-hydrogen) atoms. The SMILES string of the molecule is O=C(/C=C/C(=O)OC(=O)c1cnc2ccccc2c1)OC(=O)c1cnc2ccccc2c1. The van der Waals surface area contributed by atoms with Crippen LogP contribution in [0.25, 0.3) is 21.8 Å². The van der Waals surface area contributed by atoms with E-state index in [0.717, 1.165) is 0 Å². The second-order valence-electron chi connectivity index (χ2n) is 6.58. The number of ether oxygens (including phenoxy) is 2. The van der Waals surface area contributed by atoms with Gasteiger partial charge in [-0.2, -0.15) is 0 Å². The zero-order valence-corrected chi connectivity index (χ0v) is 16.4. The van der Waals surface area contributed by atoms with Crippen molar-refractivity contribution in [2.45, 2.75) is 0 Å². The van der Waals surface area contributed by atoms with Crippen molar-refractivity contribution in [1.29, 1.82) is 0 Å². The van der Waals surface area contributed by atoms with Gasteiger partial charge in [-0.1, -0.05) is 36.4 Å². The van der Waals surface area contributed by atoms with Crippen LogP contribution in [0.5, 0.6) is 0 Å². The normalized spacial score (nSPS) is 10.9. The summed E-state index contributed by atoms with van der Waals surface area (Å²) in [4.78, 5) is 56.2. The van der Waals surface area contributed by atoms with Gasteiger partial charge in [0, 0.05) is 35.3 Å². The lowest BCUT2D eigenvalue weighted by Gasteiger charge is -2.03. The van der Waals surface area contributed by atoms with Gasteiger partial charge < -0.3 is 9.47 Å². The summed E-state index contributed by atoms with van der Waals surface area (Å²) < 4.78 is 9.33. The van der Waals surface area contributed by atoms with E-state index in [-0.39, 0.29) is 11.1 Å². The lowest BCUT2D eigenvalue weighted by atomic mass is 10.1. The molecule has 4 rings (SSSR count). The monoisotopic (exact) mass is 426 g/mol. The molecular weight excluding hydrogens is 412 g/mol. The van der Waals surface area contributed by atoms with Crippen LogP contribution in [0, 0.1) is 0 Å². The minimum Gasteiger partial charge on any atom is -0.386 e. The maximum Gasteiger partial charge on any atom is 0.347 e. The summed E-state index contributed by atoms with van der Waals surface area (Å²) in [5, 5.41) is 1.41. The van der Waals surface area contributed by atoms with E-state index in [1.807, 2.05) is 12.1 Å². The van der Waals surface area contributed by atoms with Crippen LogP contribution >= 0.6 is 0 Å². The number of aromatic nitrogens is 2. The Morgan fingerprint density at radius 3 is 1.47 bits per heavy atom. The van der Waals surface area contributed by atoms with Crippen LogP contribution in [-0.2, 0) is 19.1 Å². The van der Waals surface area contributed by atoms with E-state index in [4.69, 9.17) is 0 Å². The zero-order valence-electron chi connectivity index (χ0n) is 16.4. The number of benzene rings is 2. The average molecular weight is 426 g/mol. The third-order valence-electron chi connectivity index (χ3n) is 4.39. The van der Waals surface area contributed by atoms with Gasteiger partial charge in [0.15, 0.2) is 0 Å². The Bertz CT molecular complexity index is 1300. The first kappa shape index (κ1) is 20.5. The largest absolute Gasteiger partial charge is 0.386 e. The Labute approximate surface area is 181 Å². The lowest BCUT2D eigenvalue weighted by Crippen LogP contribution is -2.13. The maximum atomic E-state index is 12.1. The quantitative estimate of drug-likeness (QED) is 0.277. The average Bonchev–Trinajstić information content (AvgIpc) is 2.82. The molecule has 8 heteroatoms. The van der Waals surface area contributed by atoms with Gasteiger partial charge in [-0.15, -0.1) is 0 Å². The summed E-state index contributed by atoms with van der Waals surface area (Å²) in [7, 11) is 0. The Morgan fingerprint density at radius 2 is 1.03 bits per heavy atom. The van der Waals surface area contributed by atoms with Crippen molar-refractivity contribution >= 4 is 45.7 Å². The molecular formula is C24H14N2O6. The molecule has 0 aliphatic carbocycles. The van der Waals surface area contributed by atoms with E-state index >= 15 is 0 Å². The highest BCUT2D eigenvalue weighted by molar-refractivity contribution is 6.05. The van der Waals surface area contributed by atoms with E-state index in [1.165, 1.54) is 24.5 Å². The van der Waals surface area contributed by atoms with Crippen LogP contribution in [0.4, 0.5) is 0 Å². The number of pyridine rings is 2. The molecule has 0 aliphatic heterocycles. The fraction of sp³-hybridized carbons (Fsp3) is 0. The predicted octanol–water partition coefficient (Wildman–Crippen LogP) is 3.41. The Kier molecular flexibility index (Phi) is 5.76. The van der Waals surface area contributed by atoms with E-state index in [9.17, 15) is 19.2 Å². The van der Waals surface area contributed by atoms with Crippen molar-refractivity contribution in [3.63, 3.8) is 0 Å². The minimum atomic E-state index is -1.10. The van der Waals surface area contributed by atoms with Gasteiger partial charge in [-0.3, -0.25) is 9.97 Å². The number of fused-ring (bicyclic) bond motifs is 2. The van der Waals surface area contributed by atoms with Gasteiger partial charge in [-0.25, -0.2) is 19.2 Å². The molecule has 2 aromatic carbocycles. The lowest BCUT2D eigenvalue weighted by molar-refractivity contribution is -0.135. The smallest absolute Gasteiger partial charge is 0.347 e. The molecule has 0 spiro atoms. The molecule has 0 saturated heterocycles. The van der Waals surface area contributed by atoms with Crippen LogP contribution in [0.1, 0.15) is 20.7 Å². The van der Waals surface area contributed by atoms with Crippen LogP contribution in [-0.4, -0.2) is 33.8 Å². The molecule has 2 heterocycles. The minimum absolute atomic E-state index is 0.0759. The standard InChI is InChI=1S/C24H14N2O6/c27-21(31-23(29)17-11-15-5-1-3-7-19(15)25-13-17)9-10-22(28)32-24(30)18-12-16-6-2-4-8-20(16)26-14-18/h1-14H/b10-9+. The fourth-order valence-corrected chi connectivity index (χ4v) is 2.87. The molecule has 0 aliphatic rings. The van der Waals surface area contributed by atoms with Gasteiger partial charge in [0.05, 0.1) is 22.2 Å². The summed E-state index contributed by atoms with van der Waals surface area (Å²) in [5.74, 6) is -4.05. The highest BCUT2D eigenvalue weighted by atomic mass is 16.6. The fourth-order valence-electron chi connectivity index (χ4n) is 2.87. The highest BCUT2D eigenvalue weighted by Crippen LogP contribution is 2.14. The molecule has 0 amide bonds. The van der Waals surface area contributed by atoms with Crippen LogP contribution in [0.2, 0.25) is 0 Å². The number of hydrogen-bond acceptors (Lipinski definition) is 8. The van der Waals surface area contributed by atoms with Gasteiger partial charge in [0.25, 0.3) is 0 Å². The van der Waals surface area contributed by atoms with Crippen LogP contribution in [0.3, 0.4) is 0 Å². The van der Waals surface area contributed by atoms with Crippen molar-refractivity contribution in [3.05, 3.63) is 96.3 Å². The topological polar surface area (TPSA) is 113 Å². The molecule has 8 nitrogen and oxygen atoms in total. The number of esters is 4. The summed E-state index contributed by atoms with van der Waals surface area (Å²) in [6, 6.07) is 17.3. The third-order valence-corrected chi connectivity index (χ3v) is 4.39. The Hall–Kier alpha value is -4.72. The summed E-state index contributed by atoms with van der Waals surface area (Å²) in [5.41, 5.74) is 1.52. The van der Waals surface area contributed by atoms with Gasteiger partial charge in [0.2, 0.25) is 0 Å². The molecule has 0 radical (unpaired) electrons. The molecule has 0 fully saturated rings. The molecule has 4 aromatic rings. The highest BCUT2D eigenvalue weighted by Gasteiger charge is 2.15. The predicted molar refractivity (Wildman–Crippen MR) is 113 cm³/mol. The molecule has 2 aromatic heterocycles. The van der Waals surface area contributed by atoms with Crippen molar-refractivity contribution in [3.8, 4) is 0 Å². The molecule has 0 atom stereocenters. The number of rotatable bonds is 4. The van der Waals surface area contributed by atoms with E-state index in [1.54, 1.807) is 36.4 Å². The third kappa shape index (κ3) is 4.71. The molecule has 0 bridgehead atoms. The molecule has 156 valence electrons. The van der Waals surface area contributed by atoms with Gasteiger partial charge >= 0.3 is 23.9 Å². The number of nitrogens with zero attached hydrogens (tertiary/aromatic N) is 2. The van der Waals surface area contributed by atoms with Crippen LogP contribution < -0.4 is 0 Å². The zero-order chi connectivity index (χ0) is 22.5. The van der Waals surface area contributed by atoms with Gasteiger partial charge in [0.1, 0.15) is 0 Å². The number of carbonyl (C=O) groups excluding carboxylic acids is 4. The van der Waals surface area contributed by atoms with Crippen molar-refractivity contribution in [1.82, 2.24) is 9.97 Å².